The molecule has 0 bridgehead atoms. The fourth-order valence-corrected chi connectivity index (χ4v) is 1.40. The van der Waals surface area contributed by atoms with Gasteiger partial charge >= 0.3 is 0 Å². The summed E-state index contributed by atoms with van der Waals surface area (Å²) in [4.78, 5) is 11.3. The van der Waals surface area contributed by atoms with E-state index in [0.29, 0.717) is 0 Å². The highest BCUT2D eigenvalue weighted by Crippen LogP contribution is 2.10. The maximum Gasteiger partial charge on any atom is 0.151 e. The molecule has 0 aliphatic heterocycles. The van der Waals surface area contributed by atoms with E-state index in [1.165, 1.54) is 0 Å². The van der Waals surface area contributed by atoms with Crippen LogP contribution in [0.25, 0.3) is 0 Å². The van der Waals surface area contributed by atoms with Crippen molar-refractivity contribution in [1.82, 2.24) is 0 Å². The van der Waals surface area contributed by atoms with Gasteiger partial charge in [0, 0.05) is 5.69 Å². The third kappa shape index (κ3) is 3.21. The number of Topliss-reactive ketones (excluding diaryl/α,β-unsaturated/α-hetero) is 1. The summed E-state index contributed by atoms with van der Waals surface area (Å²) in [6, 6.07) is 9.81. The van der Waals surface area contributed by atoms with Crippen molar-refractivity contribution in [2.24, 2.45) is 0 Å². The van der Waals surface area contributed by atoms with Crippen molar-refractivity contribution >= 4 is 11.5 Å². The van der Waals surface area contributed by atoms with Crippen LogP contribution < -0.4 is 5.32 Å². The van der Waals surface area contributed by atoms with Crippen LogP contribution in [0.4, 0.5) is 5.69 Å². The summed E-state index contributed by atoms with van der Waals surface area (Å²) < 4.78 is 0. The molecule has 0 fully saturated rings. The lowest BCUT2D eigenvalue weighted by atomic mass is 10.1. The molecule has 0 amide bonds. The zero-order valence-electron chi connectivity index (χ0n) is 8.79. The summed E-state index contributed by atoms with van der Waals surface area (Å²) in [5.74, 6) is 0.204. The highest BCUT2D eigenvalue weighted by Gasteiger charge is 2.11. The number of carbonyl (C=O) groups is 1. The van der Waals surface area contributed by atoms with Gasteiger partial charge in [-0.2, -0.15) is 0 Å². The lowest BCUT2D eigenvalue weighted by Gasteiger charge is -2.15. The highest BCUT2D eigenvalue weighted by atomic mass is 16.1. The molecule has 1 rings (SSSR count). The average molecular weight is 191 g/mol. The Bertz CT molecular complexity index is 282. The van der Waals surface area contributed by atoms with Gasteiger partial charge in [0.2, 0.25) is 0 Å². The molecule has 0 spiro atoms. The molecule has 0 heterocycles. The van der Waals surface area contributed by atoms with Gasteiger partial charge in [-0.1, -0.05) is 31.5 Å². The number of carbonyl (C=O) groups excluding carboxylic acids is 1. The van der Waals surface area contributed by atoms with Crippen LogP contribution in [0.2, 0.25) is 0 Å². The van der Waals surface area contributed by atoms with Crippen LogP contribution in [0, 0.1) is 0 Å². The summed E-state index contributed by atoms with van der Waals surface area (Å²) in [6.07, 6.45) is 1.91. The number of ketones is 1. The van der Waals surface area contributed by atoms with Gasteiger partial charge in [-0.15, -0.1) is 0 Å². The zero-order chi connectivity index (χ0) is 10.4. The van der Waals surface area contributed by atoms with E-state index in [1.807, 2.05) is 30.3 Å². The van der Waals surface area contributed by atoms with Gasteiger partial charge in [-0.25, -0.2) is 0 Å². The quantitative estimate of drug-likeness (QED) is 0.775. The van der Waals surface area contributed by atoms with Gasteiger partial charge in [0.15, 0.2) is 5.78 Å². The van der Waals surface area contributed by atoms with Crippen LogP contribution in [0.15, 0.2) is 30.3 Å². The standard InChI is InChI=1S/C12H17NO/c1-3-7-12(10(2)14)13-11-8-5-4-6-9-11/h4-6,8-9,12-13H,3,7H2,1-2H3. The Hall–Kier alpha value is -1.31. The molecule has 1 aromatic carbocycles. The Morgan fingerprint density at radius 2 is 2.00 bits per heavy atom. The van der Waals surface area contributed by atoms with E-state index in [4.69, 9.17) is 0 Å². The summed E-state index contributed by atoms with van der Waals surface area (Å²) in [5.41, 5.74) is 1.01. The van der Waals surface area contributed by atoms with Crippen molar-refractivity contribution in [1.29, 1.82) is 0 Å². The monoisotopic (exact) mass is 191 g/mol. The van der Waals surface area contributed by atoms with Gasteiger partial charge in [0.25, 0.3) is 0 Å². The van der Waals surface area contributed by atoms with E-state index in [0.717, 1.165) is 18.5 Å². The number of benzene rings is 1. The van der Waals surface area contributed by atoms with E-state index < -0.39 is 0 Å². The van der Waals surface area contributed by atoms with Gasteiger partial charge in [-0.05, 0) is 25.5 Å². The van der Waals surface area contributed by atoms with Crippen LogP contribution in [-0.2, 0) is 4.79 Å². The Morgan fingerprint density at radius 1 is 1.36 bits per heavy atom. The molecule has 0 saturated heterocycles. The molecule has 1 atom stereocenters. The van der Waals surface area contributed by atoms with E-state index >= 15 is 0 Å². The number of nitrogens with one attached hydrogen (secondary N) is 1. The van der Waals surface area contributed by atoms with E-state index in [1.54, 1.807) is 6.92 Å². The Kier molecular flexibility index (Phi) is 4.17. The molecule has 0 radical (unpaired) electrons. The Morgan fingerprint density at radius 3 is 2.50 bits per heavy atom. The van der Waals surface area contributed by atoms with Crippen molar-refractivity contribution in [3.05, 3.63) is 30.3 Å². The summed E-state index contributed by atoms with van der Waals surface area (Å²) in [5, 5.41) is 3.23. The normalized spacial score (nSPS) is 12.1. The van der Waals surface area contributed by atoms with Gasteiger partial charge in [-0.3, -0.25) is 4.79 Å². The van der Waals surface area contributed by atoms with Crippen LogP contribution in [0.1, 0.15) is 26.7 Å². The van der Waals surface area contributed by atoms with Crippen molar-refractivity contribution in [3.8, 4) is 0 Å². The molecular weight excluding hydrogens is 174 g/mol. The Labute approximate surface area is 85.3 Å². The maximum absolute atomic E-state index is 11.3. The topological polar surface area (TPSA) is 29.1 Å². The van der Waals surface area contributed by atoms with Crippen molar-refractivity contribution in [2.45, 2.75) is 32.7 Å². The lowest BCUT2D eigenvalue weighted by Crippen LogP contribution is -2.27. The fraction of sp³-hybridized carbons (Fsp3) is 0.417. The smallest absolute Gasteiger partial charge is 0.151 e. The highest BCUT2D eigenvalue weighted by molar-refractivity contribution is 5.84. The molecule has 0 aliphatic carbocycles. The second-order valence-corrected chi connectivity index (χ2v) is 3.46. The van der Waals surface area contributed by atoms with Crippen molar-refractivity contribution in [3.63, 3.8) is 0 Å². The molecule has 2 nitrogen and oxygen atoms in total. The first kappa shape index (κ1) is 10.8. The minimum absolute atomic E-state index is 0.0394. The summed E-state index contributed by atoms with van der Waals surface area (Å²) in [6.45, 7) is 3.72. The zero-order valence-corrected chi connectivity index (χ0v) is 8.79. The van der Waals surface area contributed by atoms with Crippen LogP contribution in [-0.4, -0.2) is 11.8 Å². The van der Waals surface area contributed by atoms with Crippen LogP contribution in [0.5, 0.6) is 0 Å². The third-order valence-electron chi connectivity index (χ3n) is 2.18. The number of rotatable bonds is 5. The fourth-order valence-electron chi connectivity index (χ4n) is 1.40. The number of hydrogen-bond donors (Lipinski definition) is 1. The number of hydrogen-bond acceptors (Lipinski definition) is 2. The molecule has 0 aliphatic rings. The second kappa shape index (κ2) is 5.43. The first-order chi connectivity index (χ1) is 6.74. The molecular formula is C12H17NO. The Balaban J connectivity index is 2.60. The lowest BCUT2D eigenvalue weighted by molar-refractivity contribution is -0.117. The summed E-state index contributed by atoms with van der Waals surface area (Å²) >= 11 is 0. The van der Waals surface area contributed by atoms with Crippen LogP contribution >= 0.6 is 0 Å². The summed E-state index contributed by atoms with van der Waals surface area (Å²) in [7, 11) is 0. The van der Waals surface area contributed by atoms with E-state index in [2.05, 4.69) is 12.2 Å². The minimum Gasteiger partial charge on any atom is -0.375 e. The van der Waals surface area contributed by atoms with Gasteiger partial charge < -0.3 is 5.32 Å². The molecule has 1 unspecified atom stereocenters. The van der Waals surface area contributed by atoms with Crippen LogP contribution in [0.3, 0.4) is 0 Å². The molecule has 1 aromatic rings. The first-order valence-corrected chi connectivity index (χ1v) is 5.06. The molecule has 0 aromatic heterocycles. The van der Waals surface area contributed by atoms with Gasteiger partial charge in [0.1, 0.15) is 0 Å². The molecule has 1 N–H and O–H groups in total. The average Bonchev–Trinajstić information content (AvgIpc) is 2.18. The predicted octanol–water partition coefficient (Wildman–Crippen LogP) is 2.86. The molecule has 0 saturated carbocycles. The molecule has 2 heteroatoms. The number of para-hydroxylation sites is 1. The largest absolute Gasteiger partial charge is 0.375 e. The third-order valence-corrected chi connectivity index (χ3v) is 2.18. The van der Waals surface area contributed by atoms with Gasteiger partial charge in [0.05, 0.1) is 6.04 Å². The molecule has 14 heavy (non-hydrogen) atoms. The van der Waals surface area contributed by atoms with Crippen molar-refractivity contribution in [2.75, 3.05) is 5.32 Å². The van der Waals surface area contributed by atoms with Crippen molar-refractivity contribution < 1.29 is 4.79 Å². The molecule has 76 valence electrons. The number of anilines is 1. The van der Waals surface area contributed by atoms with E-state index in [-0.39, 0.29) is 11.8 Å². The predicted molar refractivity (Wildman–Crippen MR) is 59.4 cm³/mol. The second-order valence-electron chi connectivity index (χ2n) is 3.46. The van der Waals surface area contributed by atoms with E-state index in [9.17, 15) is 4.79 Å². The first-order valence-electron chi connectivity index (χ1n) is 5.06. The minimum atomic E-state index is -0.0394. The SMILES string of the molecule is CCCC(Nc1ccccc1)C(C)=O. The maximum atomic E-state index is 11.3.